The average molecular weight is 230 g/mol. The Kier molecular flexibility index (Phi) is 3.65. The number of carbonyl (C=O) groups excluding carboxylic acids is 1. The van der Waals surface area contributed by atoms with Gasteiger partial charge in [0.05, 0.1) is 7.11 Å². The number of pyridine rings is 2. The summed E-state index contributed by atoms with van der Waals surface area (Å²) in [7, 11) is 1.41. The first-order chi connectivity index (χ1) is 8.31. The number of carbonyl (C=O) groups is 1. The number of hydrogen-bond acceptors (Lipinski definition) is 4. The highest BCUT2D eigenvalue weighted by atomic mass is 16.5. The summed E-state index contributed by atoms with van der Waals surface area (Å²) in [6.45, 7) is 0. The van der Waals surface area contributed by atoms with Crippen molar-refractivity contribution in [1.82, 2.24) is 9.97 Å². The van der Waals surface area contributed by atoms with Gasteiger partial charge in [0.25, 0.3) is 0 Å². The summed E-state index contributed by atoms with van der Waals surface area (Å²) in [5, 5.41) is 1.06. The molecule has 0 saturated heterocycles. The number of rotatable bonds is 4. The van der Waals surface area contributed by atoms with Crippen molar-refractivity contribution in [2.45, 2.75) is 19.3 Å². The molecular weight excluding hydrogens is 216 g/mol. The summed E-state index contributed by atoms with van der Waals surface area (Å²) in [5.41, 5.74) is 1.93. The van der Waals surface area contributed by atoms with Gasteiger partial charge in [-0.1, -0.05) is 0 Å². The molecule has 0 saturated carbocycles. The van der Waals surface area contributed by atoms with Gasteiger partial charge in [-0.25, -0.2) is 9.97 Å². The van der Waals surface area contributed by atoms with Crippen molar-refractivity contribution in [3.63, 3.8) is 0 Å². The minimum atomic E-state index is -0.165. The molecule has 2 aromatic rings. The molecule has 0 bridgehead atoms. The molecule has 0 radical (unpaired) electrons. The molecule has 4 nitrogen and oxygen atoms in total. The number of esters is 1. The third-order valence-electron chi connectivity index (χ3n) is 2.66. The van der Waals surface area contributed by atoms with E-state index in [9.17, 15) is 4.79 Å². The van der Waals surface area contributed by atoms with Crippen LogP contribution in [0.4, 0.5) is 0 Å². The minimum absolute atomic E-state index is 0.165. The second-order valence-corrected chi connectivity index (χ2v) is 3.77. The minimum Gasteiger partial charge on any atom is -0.469 e. The van der Waals surface area contributed by atoms with Crippen molar-refractivity contribution in [3.8, 4) is 0 Å². The van der Waals surface area contributed by atoms with Crippen LogP contribution >= 0.6 is 0 Å². The van der Waals surface area contributed by atoms with Gasteiger partial charge in [0, 0.05) is 24.2 Å². The maximum Gasteiger partial charge on any atom is 0.305 e. The molecule has 2 aromatic heterocycles. The summed E-state index contributed by atoms with van der Waals surface area (Å²) in [5.74, 6) is -0.165. The molecule has 2 heterocycles. The molecule has 0 N–H and O–H groups in total. The van der Waals surface area contributed by atoms with E-state index in [1.165, 1.54) is 12.7 Å². The Hall–Kier alpha value is -1.97. The van der Waals surface area contributed by atoms with E-state index in [2.05, 4.69) is 14.7 Å². The number of fused-ring (bicyclic) bond motifs is 1. The number of nitrogens with zero attached hydrogens (tertiary/aromatic N) is 2. The third kappa shape index (κ3) is 2.78. The quantitative estimate of drug-likeness (QED) is 0.755. The first kappa shape index (κ1) is 11.5. The molecule has 0 unspecified atom stereocenters. The fourth-order valence-corrected chi connectivity index (χ4v) is 1.78. The molecule has 0 spiro atoms. The maximum atomic E-state index is 11.0. The second-order valence-electron chi connectivity index (χ2n) is 3.77. The lowest BCUT2D eigenvalue weighted by Gasteiger charge is -2.04. The van der Waals surface area contributed by atoms with Gasteiger partial charge < -0.3 is 4.74 Å². The van der Waals surface area contributed by atoms with E-state index in [1.54, 1.807) is 12.4 Å². The van der Waals surface area contributed by atoms with Crippen LogP contribution in [-0.4, -0.2) is 23.0 Å². The Morgan fingerprint density at radius 2 is 2.12 bits per heavy atom. The average Bonchev–Trinajstić information content (AvgIpc) is 2.39. The third-order valence-corrected chi connectivity index (χ3v) is 2.66. The molecule has 0 aliphatic heterocycles. The number of hydrogen-bond donors (Lipinski definition) is 0. The Bertz CT molecular complexity index is 520. The van der Waals surface area contributed by atoms with Crippen molar-refractivity contribution >= 4 is 17.0 Å². The van der Waals surface area contributed by atoms with Crippen LogP contribution in [0.2, 0.25) is 0 Å². The summed E-state index contributed by atoms with van der Waals surface area (Å²) in [6.07, 6.45) is 5.54. The summed E-state index contributed by atoms with van der Waals surface area (Å²) in [6, 6.07) is 5.87. The molecule has 0 aromatic carbocycles. The van der Waals surface area contributed by atoms with Gasteiger partial charge in [0.15, 0.2) is 5.65 Å². The van der Waals surface area contributed by atoms with E-state index in [4.69, 9.17) is 0 Å². The van der Waals surface area contributed by atoms with Crippen LogP contribution in [0.1, 0.15) is 18.4 Å². The first-order valence-electron chi connectivity index (χ1n) is 5.56. The van der Waals surface area contributed by atoms with E-state index in [0.717, 1.165) is 23.9 Å². The monoisotopic (exact) mass is 230 g/mol. The predicted molar refractivity (Wildman–Crippen MR) is 64.5 cm³/mol. The second kappa shape index (κ2) is 5.39. The van der Waals surface area contributed by atoms with Crippen molar-refractivity contribution in [1.29, 1.82) is 0 Å². The molecule has 4 heteroatoms. The van der Waals surface area contributed by atoms with Gasteiger partial charge in [0.2, 0.25) is 0 Å². The zero-order valence-electron chi connectivity index (χ0n) is 9.72. The SMILES string of the molecule is COC(=O)CCCc1ccnc2ncccc12. The molecule has 0 fully saturated rings. The smallest absolute Gasteiger partial charge is 0.305 e. The van der Waals surface area contributed by atoms with Crippen LogP contribution in [0.3, 0.4) is 0 Å². The fraction of sp³-hybridized carbons (Fsp3) is 0.308. The van der Waals surface area contributed by atoms with Crippen LogP contribution in [0, 0.1) is 0 Å². The Morgan fingerprint density at radius 3 is 2.94 bits per heavy atom. The highest BCUT2D eigenvalue weighted by molar-refractivity contribution is 5.78. The number of aryl methyl sites for hydroxylation is 1. The fourth-order valence-electron chi connectivity index (χ4n) is 1.78. The van der Waals surface area contributed by atoms with Crippen LogP contribution in [0.25, 0.3) is 11.0 Å². The standard InChI is InChI=1S/C13H14N2O2/c1-17-12(16)6-2-4-10-7-9-15-13-11(10)5-3-8-14-13/h3,5,7-9H,2,4,6H2,1H3. The first-order valence-corrected chi connectivity index (χ1v) is 5.56. The highest BCUT2D eigenvalue weighted by Gasteiger charge is 2.04. The van der Waals surface area contributed by atoms with Gasteiger partial charge in [-0.3, -0.25) is 4.79 Å². The van der Waals surface area contributed by atoms with Gasteiger partial charge in [0.1, 0.15) is 0 Å². The van der Waals surface area contributed by atoms with Crippen LogP contribution in [0.5, 0.6) is 0 Å². The van der Waals surface area contributed by atoms with Gasteiger partial charge in [-0.15, -0.1) is 0 Å². The maximum absolute atomic E-state index is 11.0. The Labute approximate surface area is 99.7 Å². The van der Waals surface area contributed by atoms with Crippen LogP contribution in [-0.2, 0) is 16.0 Å². The largest absolute Gasteiger partial charge is 0.469 e. The number of aromatic nitrogens is 2. The number of ether oxygens (including phenoxy) is 1. The lowest BCUT2D eigenvalue weighted by molar-refractivity contribution is -0.140. The predicted octanol–water partition coefficient (Wildman–Crippen LogP) is 2.13. The van der Waals surface area contributed by atoms with E-state index in [-0.39, 0.29) is 5.97 Å². The molecular formula is C13H14N2O2. The van der Waals surface area contributed by atoms with Crippen molar-refractivity contribution in [2.75, 3.05) is 7.11 Å². The van der Waals surface area contributed by atoms with Crippen molar-refractivity contribution in [2.24, 2.45) is 0 Å². The van der Waals surface area contributed by atoms with Crippen LogP contribution < -0.4 is 0 Å². The molecule has 0 aliphatic rings. The van der Waals surface area contributed by atoms with Crippen LogP contribution in [0.15, 0.2) is 30.6 Å². The van der Waals surface area contributed by atoms with E-state index >= 15 is 0 Å². The van der Waals surface area contributed by atoms with E-state index in [0.29, 0.717) is 6.42 Å². The summed E-state index contributed by atoms with van der Waals surface area (Å²) < 4.78 is 4.61. The molecule has 0 aliphatic carbocycles. The molecule has 2 rings (SSSR count). The zero-order valence-corrected chi connectivity index (χ0v) is 9.72. The van der Waals surface area contributed by atoms with Crippen molar-refractivity contribution in [3.05, 3.63) is 36.2 Å². The normalized spacial score (nSPS) is 10.4. The topological polar surface area (TPSA) is 52.1 Å². The molecule has 0 amide bonds. The number of methoxy groups -OCH3 is 1. The van der Waals surface area contributed by atoms with Gasteiger partial charge in [-0.05, 0) is 36.6 Å². The highest BCUT2D eigenvalue weighted by Crippen LogP contribution is 2.16. The Balaban J connectivity index is 2.11. The van der Waals surface area contributed by atoms with E-state index in [1.807, 2.05) is 18.2 Å². The van der Waals surface area contributed by atoms with Gasteiger partial charge in [-0.2, -0.15) is 0 Å². The molecule has 0 atom stereocenters. The van der Waals surface area contributed by atoms with E-state index < -0.39 is 0 Å². The van der Waals surface area contributed by atoms with Gasteiger partial charge >= 0.3 is 5.97 Å². The summed E-state index contributed by atoms with van der Waals surface area (Å²) in [4.78, 5) is 19.4. The Morgan fingerprint density at radius 1 is 1.29 bits per heavy atom. The summed E-state index contributed by atoms with van der Waals surface area (Å²) >= 11 is 0. The molecule has 88 valence electrons. The lowest BCUT2D eigenvalue weighted by Crippen LogP contribution is -2.01. The van der Waals surface area contributed by atoms with Crippen molar-refractivity contribution < 1.29 is 9.53 Å². The molecule has 17 heavy (non-hydrogen) atoms. The lowest BCUT2D eigenvalue weighted by atomic mass is 10.1. The zero-order chi connectivity index (χ0) is 12.1.